The van der Waals surface area contributed by atoms with Crippen molar-refractivity contribution in [3.05, 3.63) is 109 Å². The van der Waals surface area contributed by atoms with Gasteiger partial charge in [0.05, 0.1) is 38.0 Å². The first-order valence-corrected chi connectivity index (χ1v) is 25.2. The minimum absolute atomic E-state index is 0.718. The maximum absolute atomic E-state index is 5.82. The summed E-state index contributed by atoms with van der Waals surface area (Å²) >= 11 is 0. The van der Waals surface area contributed by atoms with Gasteiger partial charge in [0, 0.05) is 37.6 Å². The third-order valence-corrected chi connectivity index (χ3v) is 10.9. The fraction of sp³-hybridized carbons (Fsp3) is 0.571. The monoisotopic (exact) mass is 877 g/mol. The molecule has 0 aliphatic heterocycles. The number of aromatic nitrogens is 4. The minimum Gasteiger partial charge on any atom is -0.490 e. The summed E-state index contributed by atoms with van der Waals surface area (Å²) in [5.74, 6) is 2.98. The Labute approximate surface area is 389 Å². The van der Waals surface area contributed by atoms with Crippen LogP contribution in [-0.4, -0.2) is 59.6 Å². The minimum atomic E-state index is 0.718. The highest BCUT2D eigenvalue weighted by molar-refractivity contribution is 5.56. The van der Waals surface area contributed by atoms with Gasteiger partial charge in [0.15, 0.2) is 23.1 Å². The Morgan fingerprint density at radius 3 is 1.23 bits per heavy atom. The van der Waals surface area contributed by atoms with E-state index in [4.69, 9.17) is 18.9 Å². The summed E-state index contributed by atoms with van der Waals surface area (Å²) in [6.07, 6.45) is 41.0. The van der Waals surface area contributed by atoms with E-state index >= 15 is 0 Å². The van der Waals surface area contributed by atoms with E-state index in [-0.39, 0.29) is 0 Å². The molecule has 8 nitrogen and oxygen atoms in total. The molecule has 0 bridgehead atoms. The molecule has 2 aromatic carbocycles. The number of hydrogen-bond donors (Lipinski definition) is 0. The smallest absolute Gasteiger partial charge is 0.159 e. The molecule has 0 radical (unpaired) electrons. The molecule has 4 aromatic rings. The Morgan fingerprint density at radius 1 is 0.406 bits per heavy atom. The Bertz CT molecular complexity index is 1700. The van der Waals surface area contributed by atoms with Crippen molar-refractivity contribution >= 4 is 0 Å². The van der Waals surface area contributed by atoms with Crippen molar-refractivity contribution in [1.82, 2.24) is 19.9 Å². The largest absolute Gasteiger partial charge is 0.490 e. The van der Waals surface area contributed by atoms with Crippen molar-refractivity contribution in [2.24, 2.45) is 0 Å². The summed E-state index contributed by atoms with van der Waals surface area (Å²) in [7, 11) is 0. The third-order valence-electron chi connectivity index (χ3n) is 10.9. The van der Waals surface area contributed by atoms with Gasteiger partial charge in [0.25, 0.3) is 0 Å². The van der Waals surface area contributed by atoms with E-state index in [0.717, 1.165) is 132 Å². The molecule has 352 valence electrons. The van der Waals surface area contributed by atoms with Gasteiger partial charge in [-0.05, 0) is 120 Å². The first kappa shape index (κ1) is 53.9. The summed E-state index contributed by atoms with van der Waals surface area (Å²) in [6.45, 7) is 15.3. The lowest BCUT2D eigenvalue weighted by atomic mass is 10.0. The lowest BCUT2D eigenvalue weighted by Gasteiger charge is -2.07. The SMILES string of the molecule is C=CCCCCCCOc1cnc(-c2ccc(CCCCCOCCC)cc2)nc1.CCCCC/C=C/CCCCCOc1cnc(-c2ccc(CCCCCOCCC)cc2)nc1. The Balaban J connectivity index is 0.000000343. The molecular weight excluding hydrogens is 793 g/mol. The van der Waals surface area contributed by atoms with E-state index in [1.54, 1.807) is 24.8 Å². The molecule has 4 rings (SSSR count). The second-order valence-corrected chi connectivity index (χ2v) is 16.7. The van der Waals surface area contributed by atoms with E-state index < -0.39 is 0 Å². The predicted molar refractivity (Wildman–Crippen MR) is 268 cm³/mol. The van der Waals surface area contributed by atoms with Crippen LogP contribution in [-0.2, 0) is 22.3 Å². The first-order valence-electron chi connectivity index (χ1n) is 25.2. The summed E-state index contributed by atoms with van der Waals surface area (Å²) in [6, 6.07) is 17.2. The molecule has 2 heterocycles. The van der Waals surface area contributed by atoms with Crippen LogP contribution in [0, 0.1) is 0 Å². The van der Waals surface area contributed by atoms with Crippen molar-refractivity contribution in [2.75, 3.05) is 39.6 Å². The average Bonchev–Trinajstić information content (AvgIpc) is 3.33. The Kier molecular flexibility index (Phi) is 32.0. The van der Waals surface area contributed by atoms with Crippen molar-refractivity contribution in [2.45, 2.75) is 168 Å². The van der Waals surface area contributed by atoms with Crippen LogP contribution < -0.4 is 9.47 Å². The summed E-state index contributed by atoms with van der Waals surface area (Å²) in [5.41, 5.74) is 4.82. The summed E-state index contributed by atoms with van der Waals surface area (Å²) in [5, 5.41) is 0. The molecule has 0 spiro atoms. The summed E-state index contributed by atoms with van der Waals surface area (Å²) < 4.78 is 22.6. The highest BCUT2D eigenvalue weighted by Gasteiger charge is 2.05. The number of rotatable bonds is 37. The standard InChI is InChI=1S/C30H46N2O2.C26H38N2O2/c1-3-5-6-7-8-9-10-11-12-16-24-34-29-25-31-30(32-26-29)28-20-18-27(19-21-28)17-14-13-15-23-33-22-4-2;1-3-5-6-7-8-12-20-30-25-21-27-26(28-22-25)24-16-14-23(15-17-24)13-10-9-11-19-29-18-4-2/h8-9,18-21,25-26H,3-7,10-17,22-24H2,1-2H3;3,14-17,21-22H,1,4-13,18-20H2,2H3/b9-8+;. The zero-order valence-electron chi connectivity index (χ0n) is 40.3. The topological polar surface area (TPSA) is 88.5 Å². The van der Waals surface area contributed by atoms with Gasteiger partial charge in [-0.25, -0.2) is 19.9 Å². The van der Waals surface area contributed by atoms with Gasteiger partial charge in [-0.2, -0.15) is 0 Å². The van der Waals surface area contributed by atoms with Gasteiger partial charge in [-0.1, -0.05) is 126 Å². The van der Waals surface area contributed by atoms with Crippen LogP contribution >= 0.6 is 0 Å². The van der Waals surface area contributed by atoms with Crippen LogP contribution in [0.25, 0.3) is 22.8 Å². The van der Waals surface area contributed by atoms with Crippen molar-refractivity contribution in [1.29, 1.82) is 0 Å². The van der Waals surface area contributed by atoms with Crippen LogP contribution in [0.3, 0.4) is 0 Å². The van der Waals surface area contributed by atoms with Gasteiger partial charge in [0.2, 0.25) is 0 Å². The third kappa shape index (κ3) is 26.4. The lowest BCUT2D eigenvalue weighted by molar-refractivity contribution is 0.130. The van der Waals surface area contributed by atoms with Crippen LogP contribution in [0.15, 0.2) is 98.1 Å². The Morgan fingerprint density at radius 2 is 0.797 bits per heavy atom. The van der Waals surface area contributed by atoms with Gasteiger partial charge in [0.1, 0.15) is 0 Å². The molecule has 0 fully saturated rings. The van der Waals surface area contributed by atoms with Crippen LogP contribution in [0.4, 0.5) is 0 Å². The number of unbranched alkanes of at least 4 members (excludes halogenated alkanes) is 14. The van der Waals surface area contributed by atoms with Gasteiger partial charge < -0.3 is 18.9 Å². The second-order valence-electron chi connectivity index (χ2n) is 16.7. The number of allylic oxidation sites excluding steroid dienone is 3. The van der Waals surface area contributed by atoms with Crippen LogP contribution in [0.1, 0.15) is 167 Å². The number of nitrogens with zero attached hydrogens (tertiary/aromatic N) is 4. The van der Waals surface area contributed by atoms with Crippen molar-refractivity contribution in [3.63, 3.8) is 0 Å². The number of hydrogen-bond acceptors (Lipinski definition) is 8. The molecular formula is C56H84N4O4. The molecule has 8 heteroatoms. The van der Waals surface area contributed by atoms with E-state index in [0.29, 0.717) is 0 Å². The quantitative estimate of drug-likeness (QED) is 0.0327. The molecule has 0 aliphatic carbocycles. The molecule has 0 atom stereocenters. The van der Waals surface area contributed by atoms with E-state index in [1.807, 2.05) is 6.08 Å². The number of benzene rings is 2. The fourth-order valence-electron chi connectivity index (χ4n) is 7.05. The molecule has 2 aromatic heterocycles. The molecule has 64 heavy (non-hydrogen) atoms. The fourth-order valence-corrected chi connectivity index (χ4v) is 7.05. The molecule has 0 aliphatic rings. The maximum Gasteiger partial charge on any atom is 0.159 e. The lowest BCUT2D eigenvalue weighted by Crippen LogP contribution is -1.99. The molecule has 0 saturated heterocycles. The average molecular weight is 877 g/mol. The van der Waals surface area contributed by atoms with Gasteiger partial charge in [-0.15, -0.1) is 6.58 Å². The highest BCUT2D eigenvalue weighted by atomic mass is 16.5. The molecule has 0 saturated carbocycles. The van der Waals surface area contributed by atoms with Crippen LogP contribution in [0.2, 0.25) is 0 Å². The summed E-state index contributed by atoms with van der Waals surface area (Å²) in [4.78, 5) is 17.9. The van der Waals surface area contributed by atoms with E-state index in [9.17, 15) is 0 Å². The van der Waals surface area contributed by atoms with Crippen molar-refractivity contribution in [3.8, 4) is 34.3 Å². The second kappa shape index (κ2) is 37.9. The van der Waals surface area contributed by atoms with E-state index in [2.05, 4.69) is 108 Å². The maximum atomic E-state index is 5.82. The van der Waals surface area contributed by atoms with E-state index in [1.165, 1.54) is 101 Å². The molecule has 0 amide bonds. The predicted octanol–water partition coefficient (Wildman–Crippen LogP) is 15.2. The Hall–Kier alpha value is -4.40. The van der Waals surface area contributed by atoms with Gasteiger partial charge in [-0.3, -0.25) is 0 Å². The molecule has 0 N–H and O–H groups in total. The number of ether oxygens (including phenoxy) is 4. The van der Waals surface area contributed by atoms with Crippen LogP contribution in [0.5, 0.6) is 11.5 Å². The number of aryl methyl sites for hydroxylation is 2. The van der Waals surface area contributed by atoms with Crippen molar-refractivity contribution < 1.29 is 18.9 Å². The van der Waals surface area contributed by atoms with Gasteiger partial charge >= 0.3 is 0 Å². The highest BCUT2D eigenvalue weighted by Crippen LogP contribution is 2.21. The normalized spacial score (nSPS) is 11.1. The zero-order chi connectivity index (χ0) is 45.4. The first-order chi connectivity index (χ1) is 31.7. The zero-order valence-corrected chi connectivity index (χ0v) is 40.3. The molecule has 0 unspecified atom stereocenters.